The normalized spacial score (nSPS) is 7.57. The van der Waals surface area contributed by atoms with E-state index in [1.54, 1.807) is 0 Å². The number of rotatable bonds is 0. The van der Waals surface area contributed by atoms with Gasteiger partial charge in [0.25, 0.3) is 0 Å². The van der Waals surface area contributed by atoms with E-state index in [-0.39, 0.29) is 24.6 Å². The molecule has 12 heteroatoms. The molecule has 9 nitrogen and oxygen atoms in total. The molecule has 0 aromatic carbocycles. The van der Waals surface area contributed by atoms with Gasteiger partial charge in [0.1, 0.15) is 0 Å². The van der Waals surface area contributed by atoms with E-state index in [1.807, 2.05) is 0 Å². The predicted molar refractivity (Wildman–Crippen MR) is 45.2 cm³/mol. The average Bonchev–Trinajstić information content (AvgIpc) is 1.50. The predicted octanol–water partition coefficient (Wildman–Crippen LogP) is -3.13. The van der Waals surface area contributed by atoms with Crippen molar-refractivity contribution in [2.75, 3.05) is 0 Å². The van der Waals surface area contributed by atoms with Gasteiger partial charge in [-0.05, 0) is 12.2 Å². The van der Waals surface area contributed by atoms with Crippen LogP contribution >= 0.6 is 12.2 Å². The fraction of sp³-hybridized carbons (Fsp3) is 0. The molecule has 0 atom stereocenters. The quantitative estimate of drug-likeness (QED) is 0.155. The van der Waals surface area contributed by atoms with Crippen molar-refractivity contribution in [2.24, 2.45) is 22.9 Å². The summed E-state index contributed by atoms with van der Waals surface area (Å²) in [7, 11) is -5.17. The number of amides is 2. The molecule has 0 unspecified atom stereocenters. The zero-order chi connectivity index (χ0) is 11.7. The molecule has 0 aliphatic heterocycles. The first-order valence-corrected chi connectivity index (χ1v) is 3.97. The van der Waals surface area contributed by atoms with Gasteiger partial charge < -0.3 is 32.0 Å². The average molecular weight is 298 g/mol. The van der Waals surface area contributed by atoms with Crippen LogP contribution in [0.4, 0.5) is 4.79 Å². The Morgan fingerprint density at radius 2 is 1.07 bits per heavy atom. The van der Waals surface area contributed by atoms with E-state index in [1.165, 1.54) is 0 Å². The molecular formula is C2H8N4O5S2Zn. The third-order valence-electron chi connectivity index (χ3n) is 0. The van der Waals surface area contributed by atoms with Crippen LogP contribution in [0.25, 0.3) is 0 Å². The molecule has 0 saturated carbocycles. The van der Waals surface area contributed by atoms with Gasteiger partial charge in [0.15, 0.2) is 5.11 Å². The summed E-state index contributed by atoms with van der Waals surface area (Å²) in [6.45, 7) is 0. The fourth-order valence-electron chi connectivity index (χ4n) is 0. The molecule has 0 aromatic rings. The summed E-state index contributed by atoms with van der Waals surface area (Å²) in [5, 5.41) is 0.000000000000000222. The zero-order valence-corrected chi connectivity index (χ0v) is 11.5. The molecule has 0 bridgehead atoms. The summed E-state index contributed by atoms with van der Waals surface area (Å²) in [5.41, 5.74) is 17.7. The Morgan fingerprint density at radius 3 is 1.07 bits per heavy atom. The number of carbonyl (C=O) groups is 1. The van der Waals surface area contributed by atoms with Crippen molar-refractivity contribution in [3.8, 4) is 0 Å². The number of nitrogens with two attached hydrogens (primary N) is 4. The van der Waals surface area contributed by atoms with Crippen molar-refractivity contribution in [1.82, 2.24) is 0 Å². The van der Waals surface area contributed by atoms with Crippen LogP contribution in [0.5, 0.6) is 0 Å². The van der Waals surface area contributed by atoms with Gasteiger partial charge in [-0.2, -0.15) is 0 Å². The number of carbonyl (C=O) groups excluding carboxylic acids is 1. The number of thiocarbonyl (C=S) groups is 1. The Hall–Kier alpha value is -0.547. The van der Waals surface area contributed by atoms with Crippen molar-refractivity contribution in [2.45, 2.75) is 0 Å². The zero-order valence-electron chi connectivity index (χ0n) is 6.87. The maximum absolute atomic E-state index is 9.00. The summed E-state index contributed by atoms with van der Waals surface area (Å²) < 4.78 is 34.1. The van der Waals surface area contributed by atoms with E-state index >= 15 is 0 Å². The maximum atomic E-state index is 9.00. The molecule has 0 aliphatic rings. The summed E-state index contributed by atoms with van der Waals surface area (Å²) in [5.74, 6) is 0. The fourth-order valence-corrected chi connectivity index (χ4v) is 0. The van der Waals surface area contributed by atoms with Crippen molar-refractivity contribution < 1.29 is 41.8 Å². The summed E-state index contributed by atoms with van der Waals surface area (Å²) in [6, 6.07) is -0.833. The van der Waals surface area contributed by atoms with Gasteiger partial charge in [-0.25, -0.2) is 4.79 Å². The van der Waals surface area contributed by atoms with Gasteiger partial charge in [0.05, 0.1) is 0 Å². The smallest absolute Gasteiger partial charge is 0.759 e. The molecule has 8 N–H and O–H groups in total. The van der Waals surface area contributed by atoms with Crippen LogP contribution in [-0.4, -0.2) is 28.7 Å². The van der Waals surface area contributed by atoms with Crippen molar-refractivity contribution in [3.05, 3.63) is 0 Å². The van der Waals surface area contributed by atoms with E-state index in [2.05, 4.69) is 35.2 Å². The Kier molecular flexibility index (Phi) is 20.8. The van der Waals surface area contributed by atoms with Crippen LogP contribution in [0.15, 0.2) is 0 Å². The minimum absolute atomic E-state index is 0. The SMILES string of the molecule is NC(N)=O.NC(N)=S.O=S(=O)([O-])[O-].[Zn+2]. The topological polar surface area (TPSA) is 201 Å². The summed E-state index contributed by atoms with van der Waals surface area (Å²) >= 11 is 4.09. The molecule has 0 saturated heterocycles. The molecule has 2 amide bonds. The van der Waals surface area contributed by atoms with Gasteiger partial charge in [-0.1, -0.05) is 0 Å². The van der Waals surface area contributed by atoms with Crippen molar-refractivity contribution in [1.29, 1.82) is 0 Å². The van der Waals surface area contributed by atoms with Gasteiger partial charge in [-0.15, -0.1) is 0 Å². The van der Waals surface area contributed by atoms with E-state index < -0.39 is 16.4 Å². The Labute approximate surface area is 98.5 Å². The number of primary amides is 2. The van der Waals surface area contributed by atoms with E-state index in [0.29, 0.717) is 0 Å². The molecule has 0 spiro atoms. The van der Waals surface area contributed by atoms with E-state index in [9.17, 15) is 0 Å². The molecule has 0 rings (SSSR count). The largest absolute Gasteiger partial charge is 2.00 e. The van der Waals surface area contributed by atoms with Crippen molar-refractivity contribution in [3.63, 3.8) is 0 Å². The van der Waals surface area contributed by atoms with Crippen LogP contribution in [0.2, 0.25) is 0 Å². The number of urea groups is 1. The molecule has 14 heavy (non-hydrogen) atoms. The second-order valence-electron chi connectivity index (χ2n) is 1.21. The Balaban J connectivity index is -0.0000000522. The molecular weight excluding hydrogens is 290 g/mol. The van der Waals surface area contributed by atoms with E-state index in [4.69, 9.17) is 22.3 Å². The second-order valence-corrected chi connectivity index (χ2v) is 2.50. The third-order valence-corrected chi connectivity index (χ3v) is 0. The third kappa shape index (κ3) is 4190. The number of hydrogen-bond donors (Lipinski definition) is 4. The first-order valence-electron chi connectivity index (χ1n) is 2.23. The van der Waals surface area contributed by atoms with Crippen LogP contribution in [0.1, 0.15) is 0 Å². The second kappa shape index (κ2) is 12.5. The molecule has 0 aliphatic carbocycles. The van der Waals surface area contributed by atoms with Crippen LogP contribution < -0.4 is 22.9 Å². The van der Waals surface area contributed by atoms with Gasteiger partial charge >= 0.3 is 25.5 Å². The number of hydrogen-bond acceptors (Lipinski definition) is 6. The first-order chi connectivity index (χ1) is 5.46. The monoisotopic (exact) mass is 296 g/mol. The van der Waals surface area contributed by atoms with Crippen LogP contribution in [0.3, 0.4) is 0 Å². The van der Waals surface area contributed by atoms with Gasteiger partial charge in [0.2, 0.25) is 0 Å². The standard InChI is InChI=1S/CH4N2O.CH4N2S.H2O4S.Zn/c2*2-1(3)4;1-5(2,3)4;/h2*(H4,2,3,4);(H2,1,2,3,4);/q;;;+2/p-2. The molecule has 0 aromatic heterocycles. The van der Waals surface area contributed by atoms with Gasteiger partial charge in [0, 0.05) is 10.4 Å². The van der Waals surface area contributed by atoms with Crippen LogP contribution in [-0.2, 0) is 29.9 Å². The minimum Gasteiger partial charge on any atom is -0.759 e. The van der Waals surface area contributed by atoms with Crippen LogP contribution in [0, 0.1) is 0 Å². The summed E-state index contributed by atoms with van der Waals surface area (Å²) in [4.78, 5) is 9.00. The minimum atomic E-state index is -5.17. The molecule has 0 fully saturated rings. The Bertz CT molecular complexity index is 224. The maximum Gasteiger partial charge on any atom is 2.00 e. The van der Waals surface area contributed by atoms with Gasteiger partial charge in [-0.3, -0.25) is 8.42 Å². The van der Waals surface area contributed by atoms with Crippen molar-refractivity contribution >= 4 is 33.8 Å². The molecule has 80 valence electrons. The molecule has 0 heterocycles. The first kappa shape index (κ1) is 23.3. The molecule has 0 radical (unpaired) electrons. The van der Waals surface area contributed by atoms with E-state index in [0.717, 1.165) is 0 Å². The Morgan fingerprint density at radius 1 is 1.07 bits per heavy atom. The summed E-state index contributed by atoms with van der Waals surface area (Å²) in [6.07, 6.45) is 0.